The molecule has 0 aliphatic carbocycles. The van der Waals surface area contributed by atoms with E-state index in [4.69, 9.17) is 0 Å². The van der Waals surface area contributed by atoms with Crippen LogP contribution in [0.5, 0.6) is 0 Å². The highest BCUT2D eigenvalue weighted by atomic mass is 19.1. The second kappa shape index (κ2) is 11.2. The monoisotopic (exact) mass is 554 g/mol. The number of fused-ring (bicyclic) bond motifs is 1. The van der Waals surface area contributed by atoms with Crippen molar-refractivity contribution in [2.75, 3.05) is 13.1 Å². The zero-order chi connectivity index (χ0) is 28.7. The highest BCUT2D eigenvalue weighted by molar-refractivity contribution is 6.05. The number of benzene rings is 3. The van der Waals surface area contributed by atoms with Crippen molar-refractivity contribution in [2.45, 2.75) is 63.9 Å². The standard InChI is InChI=1S/C33H35FN4O3/c1-21-17-36(18-22(2)38(21)31(23-9-5-3-6-10-23)24-11-7-4-8-12-24)19-25-13-14-26-27(30(25)34)20-37(33(26)41)28-15-16-29(39)35-32(28)40/h3-14,21-22,28,31H,15-20H2,1-2H3,(H,35,39,40). The molecule has 0 saturated carbocycles. The molecule has 0 bridgehead atoms. The van der Waals surface area contributed by atoms with Crippen LogP contribution < -0.4 is 5.32 Å². The molecular formula is C33H35FN4O3. The molecule has 3 aliphatic rings. The Morgan fingerprint density at radius 1 is 0.878 bits per heavy atom. The number of imide groups is 1. The molecule has 3 atom stereocenters. The van der Waals surface area contributed by atoms with Crippen molar-refractivity contribution in [3.63, 3.8) is 0 Å². The number of nitrogens with one attached hydrogen (secondary N) is 1. The van der Waals surface area contributed by atoms with Crippen LogP contribution in [0.4, 0.5) is 4.39 Å². The van der Waals surface area contributed by atoms with Gasteiger partial charge in [-0.15, -0.1) is 0 Å². The Bertz CT molecular complexity index is 1410. The minimum absolute atomic E-state index is 0.0382. The fourth-order valence-electron chi connectivity index (χ4n) is 6.91. The molecule has 3 unspecified atom stereocenters. The molecule has 41 heavy (non-hydrogen) atoms. The molecule has 1 N–H and O–H groups in total. The Kier molecular flexibility index (Phi) is 7.45. The molecule has 6 rings (SSSR count). The molecule has 7 nitrogen and oxygen atoms in total. The van der Waals surface area contributed by atoms with E-state index in [9.17, 15) is 14.4 Å². The first-order valence-electron chi connectivity index (χ1n) is 14.4. The number of carbonyl (C=O) groups excluding carboxylic acids is 3. The molecule has 0 spiro atoms. The van der Waals surface area contributed by atoms with E-state index < -0.39 is 11.9 Å². The number of piperidine rings is 1. The van der Waals surface area contributed by atoms with Crippen molar-refractivity contribution < 1.29 is 18.8 Å². The van der Waals surface area contributed by atoms with Crippen LogP contribution in [0.2, 0.25) is 0 Å². The lowest BCUT2D eigenvalue weighted by Gasteiger charge is -2.48. The first-order chi connectivity index (χ1) is 19.8. The van der Waals surface area contributed by atoms with Crippen molar-refractivity contribution in [3.8, 4) is 0 Å². The third kappa shape index (κ3) is 5.18. The van der Waals surface area contributed by atoms with Gasteiger partial charge in [-0.25, -0.2) is 4.39 Å². The van der Waals surface area contributed by atoms with E-state index in [1.807, 2.05) is 12.1 Å². The predicted octanol–water partition coefficient (Wildman–Crippen LogP) is 4.27. The zero-order valence-corrected chi connectivity index (χ0v) is 23.4. The fraction of sp³-hybridized carbons (Fsp3) is 0.364. The normalized spacial score (nSPS) is 23.7. The van der Waals surface area contributed by atoms with Gasteiger partial charge < -0.3 is 4.90 Å². The lowest BCUT2D eigenvalue weighted by Crippen LogP contribution is -2.57. The Balaban J connectivity index is 1.19. The van der Waals surface area contributed by atoms with Crippen LogP contribution in [0.15, 0.2) is 72.8 Å². The van der Waals surface area contributed by atoms with E-state index in [2.05, 4.69) is 77.5 Å². The predicted molar refractivity (Wildman–Crippen MR) is 153 cm³/mol. The first-order valence-corrected chi connectivity index (χ1v) is 14.4. The van der Waals surface area contributed by atoms with Gasteiger partial charge in [0.05, 0.1) is 12.6 Å². The molecular weight excluding hydrogens is 519 g/mol. The summed E-state index contributed by atoms with van der Waals surface area (Å²) in [7, 11) is 0. The van der Waals surface area contributed by atoms with Crippen LogP contribution in [-0.4, -0.2) is 63.6 Å². The number of nitrogens with zero attached hydrogens (tertiary/aromatic N) is 3. The molecule has 3 aromatic carbocycles. The minimum Gasteiger partial charge on any atom is -0.322 e. The Hall–Kier alpha value is -3.88. The highest BCUT2D eigenvalue weighted by Crippen LogP contribution is 2.36. The van der Waals surface area contributed by atoms with E-state index in [1.165, 1.54) is 16.0 Å². The van der Waals surface area contributed by atoms with Crippen LogP contribution in [0.3, 0.4) is 0 Å². The molecule has 212 valence electrons. The number of rotatable bonds is 6. The van der Waals surface area contributed by atoms with E-state index >= 15 is 4.39 Å². The Labute approximate surface area is 239 Å². The van der Waals surface area contributed by atoms with Gasteiger partial charge in [0.25, 0.3) is 5.91 Å². The van der Waals surface area contributed by atoms with Crippen LogP contribution in [0.25, 0.3) is 0 Å². The molecule has 3 aliphatic heterocycles. The third-order valence-corrected chi connectivity index (χ3v) is 8.71. The van der Waals surface area contributed by atoms with E-state index in [0.717, 1.165) is 13.1 Å². The second-order valence-corrected chi connectivity index (χ2v) is 11.5. The SMILES string of the molecule is CC1CN(Cc2ccc3c(c2F)CN(C2CCC(=O)NC2=O)C3=O)CC(C)N1C(c1ccccc1)c1ccccc1. The average molecular weight is 555 g/mol. The highest BCUT2D eigenvalue weighted by Gasteiger charge is 2.41. The van der Waals surface area contributed by atoms with Crippen molar-refractivity contribution in [1.29, 1.82) is 0 Å². The largest absolute Gasteiger partial charge is 0.322 e. The second-order valence-electron chi connectivity index (χ2n) is 11.5. The topological polar surface area (TPSA) is 73.0 Å². The van der Waals surface area contributed by atoms with Crippen LogP contribution in [0.1, 0.15) is 65.3 Å². The van der Waals surface area contributed by atoms with Gasteiger partial charge in [-0.3, -0.25) is 29.5 Å². The first kappa shape index (κ1) is 27.3. The van der Waals surface area contributed by atoms with E-state index in [1.54, 1.807) is 12.1 Å². The van der Waals surface area contributed by atoms with Crippen molar-refractivity contribution in [1.82, 2.24) is 20.0 Å². The van der Waals surface area contributed by atoms with Crippen LogP contribution >= 0.6 is 0 Å². The van der Waals surface area contributed by atoms with Crippen molar-refractivity contribution >= 4 is 17.7 Å². The number of hydrogen-bond donors (Lipinski definition) is 1. The lowest BCUT2D eigenvalue weighted by atomic mass is 9.92. The number of halogens is 1. The van der Waals surface area contributed by atoms with Gasteiger partial charge in [-0.2, -0.15) is 0 Å². The Morgan fingerprint density at radius 2 is 1.49 bits per heavy atom. The molecule has 3 amide bonds. The average Bonchev–Trinajstić information content (AvgIpc) is 3.29. The van der Waals surface area contributed by atoms with Gasteiger partial charge in [0.1, 0.15) is 11.9 Å². The zero-order valence-electron chi connectivity index (χ0n) is 23.4. The number of hydrogen-bond acceptors (Lipinski definition) is 5. The smallest absolute Gasteiger partial charge is 0.255 e. The maximum atomic E-state index is 15.9. The molecule has 3 aromatic rings. The maximum absolute atomic E-state index is 15.9. The number of carbonyl (C=O) groups is 3. The summed E-state index contributed by atoms with van der Waals surface area (Å²) in [5.41, 5.74) is 3.69. The maximum Gasteiger partial charge on any atom is 0.255 e. The number of piperazine rings is 1. The van der Waals surface area contributed by atoms with Crippen LogP contribution in [-0.2, 0) is 22.7 Å². The van der Waals surface area contributed by atoms with Gasteiger partial charge in [-0.1, -0.05) is 66.7 Å². The molecule has 8 heteroatoms. The molecule has 3 heterocycles. The van der Waals surface area contributed by atoms with Crippen molar-refractivity contribution in [3.05, 3.63) is 106 Å². The fourth-order valence-corrected chi connectivity index (χ4v) is 6.91. The summed E-state index contributed by atoms with van der Waals surface area (Å²) in [6, 6.07) is 24.3. The van der Waals surface area contributed by atoms with Gasteiger partial charge >= 0.3 is 0 Å². The summed E-state index contributed by atoms with van der Waals surface area (Å²) in [6.07, 6.45) is 0.424. The van der Waals surface area contributed by atoms with Gasteiger partial charge in [0.2, 0.25) is 11.8 Å². The summed E-state index contributed by atoms with van der Waals surface area (Å²) in [6.45, 7) is 6.50. The summed E-state index contributed by atoms with van der Waals surface area (Å²) >= 11 is 0. The summed E-state index contributed by atoms with van der Waals surface area (Å²) in [5.74, 6) is -1.57. The van der Waals surface area contributed by atoms with Crippen LogP contribution in [0, 0.1) is 5.82 Å². The third-order valence-electron chi connectivity index (χ3n) is 8.71. The minimum atomic E-state index is -0.757. The van der Waals surface area contributed by atoms with Gasteiger partial charge in [0, 0.05) is 54.8 Å². The number of amides is 3. The molecule has 2 fully saturated rings. The molecule has 0 radical (unpaired) electrons. The van der Waals surface area contributed by atoms with Crippen molar-refractivity contribution in [2.24, 2.45) is 0 Å². The van der Waals surface area contributed by atoms with Gasteiger partial charge in [-0.05, 0) is 37.5 Å². The molecule has 0 aromatic heterocycles. The van der Waals surface area contributed by atoms with Gasteiger partial charge in [0.15, 0.2) is 0 Å². The van der Waals surface area contributed by atoms with E-state index in [0.29, 0.717) is 23.2 Å². The summed E-state index contributed by atoms with van der Waals surface area (Å²) in [4.78, 5) is 43.3. The molecule has 2 saturated heterocycles. The van der Waals surface area contributed by atoms with E-state index in [-0.39, 0.29) is 55.1 Å². The quantitative estimate of drug-likeness (QED) is 0.461. The summed E-state index contributed by atoms with van der Waals surface area (Å²) < 4.78 is 15.9. The summed E-state index contributed by atoms with van der Waals surface area (Å²) in [5, 5.41) is 2.30. The lowest BCUT2D eigenvalue weighted by molar-refractivity contribution is -0.136. The Morgan fingerprint density at radius 3 is 2.07 bits per heavy atom.